The number of aromatic nitrogens is 4. The predicted molar refractivity (Wildman–Crippen MR) is 107 cm³/mol. The van der Waals surface area contributed by atoms with Crippen LogP contribution in [0.1, 0.15) is 11.4 Å². The molecule has 3 N–H and O–H groups in total. The van der Waals surface area contributed by atoms with Gasteiger partial charge >= 0.3 is 6.03 Å². The standard InChI is InChI=1S/C19H21N7O3/c1-12-13(2)26(10-24-12)18-8-17(22-9-23-18)20-5-6-21-19(27)25-14-3-4-15-16(7-14)29-11-28-15/h3-4,7-10H,5-6,11H2,1-2H3,(H,20,22,23)(H2,21,25,27). The van der Waals surface area contributed by atoms with Crippen LogP contribution in [0.5, 0.6) is 11.5 Å². The molecular formula is C19H21N7O3. The minimum atomic E-state index is -0.307. The van der Waals surface area contributed by atoms with Crippen molar-refractivity contribution in [3.63, 3.8) is 0 Å². The van der Waals surface area contributed by atoms with E-state index >= 15 is 0 Å². The lowest BCUT2D eigenvalue weighted by Gasteiger charge is -2.10. The van der Waals surface area contributed by atoms with Gasteiger partial charge in [0.1, 0.15) is 24.3 Å². The summed E-state index contributed by atoms with van der Waals surface area (Å²) in [6.45, 7) is 5.06. The highest BCUT2D eigenvalue weighted by molar-refractivity contribution is 5.89. The normalized spacial score (nSPS) is 11.9. The molecule has 0 fully saturated rings. The van der Waals surface area contributed by atoms with E-state index in [1.165, 1.54) is 6.33 Å². The van der Waals surface area contributed by atoms with Crippen LogP contribution < -0.4 is 25.4 Å². The third-order valence-corrected chi connectivity index (χ3v) is 4.50. The zero-order valence-corrected chi connectivity index (χ0v) is 16.1. The SMILES string of the molecule is Cc1ncn(-c2cc(NCCNC(=O)Nc3ccc4c(c3)OCO4)ncn2)c1C. The Kier molecular flexibility index (Phi) is 5.14. The van der Waals surface area contributed by atoms with Crippen molar-refractivity contribution in [3.05, 3.63) is 48.3 Å². The number of hydrogen-bond donors (Lipinski definition) is 3. The third-order valence-electron chi connectivity index (χ3n) is 4.50. The molecule has 0 saturated carbocycles. The van der Waals surface area contributed by atoms with Crippen LogP contribution in [0.2, 0.25) is 0 Å². The molecule has 0 spiro atoms. The Hall–Kier alpha value is -3.82. The number of carbonyl (C=O) groups excluding carboxylic acids is 1. The van der Waals surface area contributed by atoms with Gasteiger partial charge in [-0.25, -0.2) is 19.7 Å². The molecule has 0 bridgehead atoms. The van der Waals surface area contributed by atoms with E-state index in [0.29, 0.717) is 36.1 Å². The highest BCUT2D eigenvalue weighted by Crippen LogP contribution is 2.34. The molecule has 1 aromatic carbocycles. The highest BCUT2D eigenvalue weighted by Gasteiger charge is 2.14. The second kappa shape index (κ2) is 8.05. The monoisotopic (exact) mass is 395 g/mol. The summed E-state index contributed by atoms with van der Waals surface area (Å²) in [4.78, 5) is 24.8. The van der Waals surface area contributed by atoms with Crippen molar-refractivity contribution < 1.29 is 14.3 Å². The lowest BCUT2D eigenvalue weighted by Crippen LogP contribution is -2.32. The number of nitrogens with zero attached hydrogens (tertiary/aromatic N) is 4. The number of hydrogen-bond acceptors (Lipinski definition) is 7. The topological polar surface area (TPSA) is 115 Å². The van der Waals surface area contributed by atoms with E-state index in [-0.39, 0.29) is 12.8 Å². The number of aryl methyl sites for hydroxylation is 1. The Morgan fingerprint density at radius 2 is 1.97 bits per heavy atom. The Balaban J connectivity index is 1.26. The third kappa shape index (κ3) is 4.21. The number of amides is 2. The van der Waals surface area contributed by atoms with Gasteiger partial charge in [0, 0.05) is 36.6 Å². The molecule has 0 aliphatic carbocycles. The fourth-order valence-electron chi connectivity index (χ4n) is 2.82. The molecule has 1 aliphatic heterocycles. The van der Waals surface area contributed by atoms with Gasteiger partial charge in [-0.3, -0.25) is 4.57 Å². The number of fused-ring (bicyclic) bond motifs is 1. The maximum atomic E-state index is 12.0. The van der Waals surface area contributed by atoms with Crippen molar-refractivity contribution in [2.24, 2.45) is 0 Å². The van der Waals surface area contributed by atoms with Crippen molar-refractivity contribution in [1.82, 2.24) is 24.8 Å². The molecule has 3 heterocycles. The van der Waals surface area contributed by atoms with Crippen molar-refractivity contribution >= 4 is 17.5 Å². The van der Waals surface area contributed by atoms with Crippen molar-refractivity contribution in [1.29, 1.82) is 0 Å². The molecule has 29 heavy (non-hydrogen) atoms. The molecule has 150 valence electrons. The van der Waals surface area contributed by atoms with E-state index in [0.717, 1.165) is 17.2 Å². The number of nitrogens with one attached hydrogen (secondary N) is 3. The summed E-state index contributed by atoms with van der Waals surface area (Å²) in [6, 6.07) is 6.77. The van der Waals surface area contributed by atoms with Gasteiger partial charge in [-0.15, -0.1) is 0 Å². The molecule has 1 aliphatic rings. The van der Waals surface area contributed by atoms with Gasteiger partial charge in [-0.1, -0.05) is 0 Å². The first-order valence-electron chi connectivity index (χ1n) is 9.11. The number of rotatable bonds is 6. The highest BCUT2D eigenvalue weighted by atomic mass is 16.7. The van der Waals surface area contributed by atoms with E-state index in [9.17, 15) is 4.79 Å². The van der Waals surface area contributed by atoms with Gasteiger partial charge in [-0.05, 0) is 26.0 Å². The Bertz CT molecular complexity index is 1030. The van der Waals surface area contributed by atoms with Crippen LogP contribution in [0.25, 0.3) is 5.82 Å². The van der Waals surface area contributed by atoms with Crippen molar-refractivity contribution in [3.8, 4) is 17.3 Å². The van der Waals surface area contributed by atoms with Gasteiger partial charge in [0.05, 0.1) is 5.69 Å². The van der Waals surface area contributed by atoms with Gasteiger partial charge in [0.25, 0.3) is 0 Å². The Morgan fingerprint density at radius 3 is 2.79 bits per heavy atom. The average molecular weight is 395 g/mol. The molecular weight excluding hydrogens is 374 g/mol. The molecule has 4 rings (SSSR count). The number of carbonyl (C=O) groups is 1. The molecule has 0 radical (unpaired) electrons. The summed E-state index contributed by atoms with van der Waals surface area (Å²) >= 11 is 0. The molecule has 0 unspecified atom stereocenters. The quantitative estimate of drug-likeness (QED) is 0.548. The van der Waals surface area contributed by atoms with Crippen LogP contribution in [-0.4, -0.2) is 45.4 Å². The van der Waals surface area contributed by atoms with Crippen LogP contribution in [0.4, 0.5) is 16.3 Å². The number of urea groups is 1. The summed E-state index contributed by atoms with van der Waals surface area (Å²) in [5.41, 5.74) is 2.61. The second-order valence-electron chi connectivity index (χ2n) is 6.42. The van der Waals surface area contributed by atoms with Gasteiger partial charge in [0.2, 0.25) is 6.79 Å². The number of imidazole rings is 1. The maximum Gasteiger partial charge on any atom is 0.319 e. The van der Waals surface area contributed by atoms with Gasteiger partial charge in [0.15, 0.2) is 11.5 Å². The summed E-state index contributed by atoms with van der Waals surface area (Å²) in [7, 11) is 0. The average Bonchev–Trinajstić information content (AvgIpc) is 3.32. The minimum absolute atomic E-state index is 0.196. The maximum absolute atomic E-state index is 12.0. The summed E-state index contributed by atoms with van der Waals surface area (Å²) in [5.74, 6) is 2.69. The van der Waals surface area contributed by atoms with E-state index < -0.39 is 0 Å². The number of benzene rings is 1. The lowest BCUT2D eigenvalue weighted by atomic mass is 10.3. The largest absolute Gasteiger partial charge is 0.454 e. The van der Waals surface area contributed by atoms with Crippen LogP contribution in [-0.2, 0) is 0 Å². The Morgan fingerprint density at radius 1 is 1.10 bits per heavy atom. The molecule has 0 atom stereocenters. The molecule has 2 amide bonds. The second-order valence-corrected chi connectivity index (χ2v) is 6.42. The fourth-order valence-corrected chi connectivity index (χ4v) is 2.82. The first-order chi connectivity index (χ1) is 14.1. The fraction of sp³-hybridized carbons (Fsp3) is 0.263. The van der Waals surface area contributed by atoms with Crippen molar-refractivity contribution in [2.45, 2.75) is 13.8 Å². The molecule has 10 heteroatoms. The molecule has 10 nitrogen and oxygen atoms in total. The van der Waals surface area contributed by atoms with E-state index in [2.05, 4.69) is 30.9 Å². The van der Waals surface area contributed by atoms with Gasteiger partial charge in [-0.2, -0.15) is 0 Å². The molecule has 0 saturated heterocycles. The Labute approximate surface area is 167 Å². The van der Waals surface area contributed by atoms with Gasteiger partial charge < -0.3 is 25.4 Å². The van der Waals surface area contributed by atoms with E-state index in [1.807, 2.05) is 24.5 Å². The summed E-state index contributed by atoms with van der Waals surface area (Å²) < 4.78 is 12.4. The molecule has 3 aromatic rings. The summed E-state index contributed by atoms with van der Waals surface area (Å²) in [5, 5.41) is 8.72. The summed E-state index contributed by atoms with van der Waals surface area (Å²) in [6.07, 6.45) is 3.23. The zero-order chi connectivity index (χ0) is 20.2. The van der Waals surface area contributed by atoms with Crippen LogP contribution >= 0.6 is 0 Å². The van der Waals surface area contributed by atoms with Crippen LogP contribution in [0, 0.1) is 13.8 Å². The first-order valence-corrected chi connectivity index (χ1v) is 9.11. The van der Waals surface area contributed by atoms with Crippen LogP contribution in [0.3, 0.4) is 0 Å². The minimum Gasteiger partial charge on any atom is -0.454 e. The van der Waals surface area contributed by atoms with Crippen molar-refractivity contribution in [2.75, 3.05) is 30.5 Å². The number of ether oxygens (including phenoxy) is 2. The number of anilines is 2. The first kappa shape index (κ1) is 18.5. The smallest absolute Gasteiger partial charge is 0.319 e. The molecule has 2 aromatic heterocycles. The lowest BCUT2D eigenvalue weighted by molar-refractivity contribution is 0.174. The van der Waals surface area contributed by atoms with E-state index in [4.69, 9.17) is 9.47 Å². The predicted octanol–water partition coefficient (Wildman–Crippen LogP) is 2.24. The zero-order valence-electron chi connectivity index (χ0n) is 16.1. The van der Waals surface area contributed by atoms with Crippen LogP contribution in [0.15, 0.2) is 36.9 Å². The van der Waals surface area contributed by atoms with E-state index in [1.54, 1.807) is 24.5 Å².